The maximum absolute atomic E-state index is 13.5. The van der Waals surface area contributed by atoms with Gasteiger partial charge in [-0.05, 0) is 125 Å². The molecule has 0 unspecified atom stereocenters. The van der Waals surface area contributed by atoms with Crippen LogP contribution in [0.1, 0.15) is 154 Å². The summed E-state index contributed by atoms with van der Waals surface area (Å²) in [4.78, 5) is 2.82. The molecule has 0 radical (unpaired) electrons. The zero-order valence-corrected chi connectivity index (χ0v) is 36.0. The summed E-state index contributed by atoms with van der Waals surface area (Å²) in [6, 6.07) is 35.2. The molecular weight excluding hydrogens is 729 g/mol. The summed E-state index contributed by atoms with van der Waals surface area (Å²) >= 11 is 0. The van der Waals surface area contributed by atoms with Crippen molar-refractivity contribution in [2.24, 2.45) is 5.10 Å². The topological polar surface area (TPSA) is 58.5 Å². The summed E-state index contributed by atoms with van der Waals surface area (Å²) in [7, 11) is -3.85. The largest absolute Gasteiger partial charge is 0.276 e. The molecule has 5 aromatic carbocycles. The predicted octanol–water partition coefficient (Wildman–Crippen LogP) is 13.4. The van der Waals surface area contributed by atoms with Crippen molar-refractivity contribution >= 4 is 15.7 Å². The number of hydrogen-bond donors (Lipinski definition) is 1. The van der Waals surface area contributed by atoms with Crippen LogP contribution in [-0.2, 0) is 41.1 Å². The molecule has 3 aliphatic carbocycles. The lowest BCUT2D eigenvalue weighted by Crippen LogP contribution is -2.26. The molecule has 0 aliphatic heterocycles. The van der Waals surface area contributed by atoms with Crippen LogP contribution in [-0.4, -0.2) is 14.1 Å². The first-order chi connectivity index (χ1) is 28.3. The van der Waals surface area contributed by atoms with E-state index in [4.69, 9.17) is 5.10 Å². The van der Waals surface area contributed by atoms with Crippen molar-refractivity contribution in [2.75, 3.05) is 0 Å². The predicted molar refractivity (Wildman–Crippen MR) is 242 cm³/mol. The zero-order valence-electron chi connectivity index (χ0n) is 35.1. The van der Waals surface area contributed by atoms with E-state index in [1.807, 2.05) is 19.1 Å². The number of benzene rings is 5. The van der Waals surface area contributed by atoms with Gasteiger partial charge >= 0.3 is 0 Å². The van der Waals surface area contributed by atoms with Crippen LogP contribution in [0.25, 0.3) is 22.3 Å². The van der Waals surface area contributed by atoms with Crippen molar-refractivity contribution in [3.63, 3.8) is 0 Å². The lowest BCUT2D eigenvalue weighted by molar-refractivity contribution is 0.397. The third-order valence-corrected chi connectivity index (χ3v) is 14.6. The molecule has 1 N–H and O–H groups in total. The van der Waals surface area contributed by atoms with Gasteiger partial charge in [-0.25, -0.2) is 0 Å². The standard InChI is InChI=1S/C53H62N2O2S/c1-4-6-8-10-12-14-32-53(33-15-13-11-9-7-5-2)50-36-41-20-18-39-22-28-44-45-29-23-40(19-21-42-25-31-47(51(53)37-42)46(50)30-24-41)35-49(45)52(48(44)34-39)54-55-58(56,57)43-26-16-38(3)17-27-43/h16-17,22-31,34-37,55H,4-15,18-21,32-33H2,1-3H3. The molecule has 5 aromatic rings. The van der Waals surface area contributed by atoms with Crippen LogP contribution in [0.5, 0.6) is 0 Å². The average Bonchev–Trinajstić information content (AvgIpc) is 3.68. The Bertz CT molecular complexity index is 2260. The smallest absolute Gasteiger partial charge is 0.200 e. The van der Waals surface area contributed by atoms with Crippen LogP contribution in [0, 0.1) is 6.92 Å². The fourth-order valence-electron chi connectivity index (χ4n) is 10.1. The Kier molecular flexibility index (Phi) is 12.4. The zero-order chi connectivity index (χ0) is 40.1. The maximum Gasteiger partial charge on any atom is 0.276 e. The summed E-state index contributed by atoms with van der Waals surface area (Å²) in [5, 5.41) is 4.70. The van der Waals surface area contributed by atoms with Gasteiger partial charge in [0.05, 0.1) is 10.6 Å². The van der Waals surface area contributed by atoms with Gasteiger partial charge in [0.25, 0.3) is 10.0 Å². The SMILES string of the molecule is CCCCCCCCC1(CCCCCCCC)c2cc3ccc2-c2ccc(cc21)CCc1ccc2c(c1)C(=NNS(=O)(=O)c1ccc(C)cc1)c1cc(ccc1-2)CC3. The monoisotopic (exact) mass is 790 g/mol. The second-order valence-corrected chi connectivity index (χ2v) is 19.2. The van der Waals surface area contributed by atoms with Crippen LogP contribution >= 0.6 is 0 Å². The van der Waals surface area contributed by atoms with Crippen molar-refractivity contribution in [1.29, 1.82) is 0 Å². The van der Waals surface area contributed by atoms with Gasteiger partial charge in [0, 0.05) is 16.5 Å². The lowest BCUT2D eigenvalue weighted by Gasteiger charge is -2.33. The Morgan fingerprint density at radius 2 is 0.914 bits per heavy atom. The first-order valence-electron chi connectivity index (χ1n) is 22.5. The minimum atomic E-state index is -3.85. The van der Waals surface area contributed by atoms with Crippen LogP contribution in [0.15, 0.2) is 107 Å². The number of unbranched alkanes of at least 4 members (excludes halogenated alkanes) is 10. The van der Waals surface area contributed by atoms with Crippen LogP contribution in [0.3, 0.4) is 0 Å². The molecule has 3 aliphatic rings. The number of hydrogen-bond acceptors (Lipinski definition) is 3. The number of rotatable bonds is 17. The molecule has 58 heavy (non-hydrogen) atoms. The Hall–Kier alpha value is -4.48. The second-order valence-electron chi connectivity index (χ2n) is 17.5. The number of sulfonamides is 1. The highest BCUT2D eigenvalue weighted by molar-refractivity contribution is 7.89. The fraction of sp³-hybridized carbons (Fsp3) is 0.415. The highest BCUT2D eigenvalue weighted by Crippen LogP contribution is 2.55. The second kappa shape index (κ2) is 17.8. The van der Waals surface area contributed by atoms with Gasteiger partial charge in [-0.1, -0.05) is 169 Å². The van der Waals surface area contributed by atoms with E-state index in [2.05, 4.69) is 91.5 Å². The van der Waals surface area contributed by atoms with E-state index in [1.54, 1.807) is 23.3 Å². The van der Waals surface area contributed by atoms with E-state index in [-0.39, 0.29) is 10.3 Å². The number of nitrogens with one attached hydrogen (secondary N) is 1. The molecule has 0 fully saturated rings. The molecule has 8 bridgehead atoms. The third-order valence-electron chi connectivity index (χ3n) is 13.4. The van der Waals surface area contributed by atoms with Crippen molar-refractivity contribution in [3.05, 3.63) is 147 Å². The molecule has 0 saturated carbocycles. The van der Waals surface area contributed by atoms with E-state index in [0.717, 1.165) is 53.5 Å². The molecule has 8 rings (SSSR count). The molecule has 0 amide bonds. The van der Waals surface area contributed by atoms with Gasteiger partial charge in [0.2, 0.25) is 0 Å². The van der Waals surface area contributed by atoms with Gasteiger partial charge in [-0.15, -0.1) is 0 Å². The van der Waals surface area contributed by atoms with Crippen LogP contribution < -0.4 is 4.83 Å². The van der Waals surface area contributed by atoms with Gasteiger partial charge in [0.1, 0.15) is 0 Å². The summed E-state index contributed by atoms with van der Waals surface area (Å²) in [6.45, 7) is 6.57. The lowest BCUT2D eigenvalue weighted by atomic mass is 9.70. The Balaban J connectivity index is 1.17. The molecule has 0 spiro atoms. The fourth-order valence-corrected chi connectivity index (χ4v) is 10.9. The van der Waals surface area contributed by atoms with Crippen molar-refractivity contribution in [1.82, 2.24) is 4.83 Å². The number of hydrazone groups is 1. The normalized spacial score (nSPS) is 14.7. The van der Waals surface area contributed by atoms with Gasteiger partial charge in [-0.3, -0.25) is 0 Å². The van der Waals surface area contributed by atoms with E-state index in [9.17, 15) is 8.42 Å². The van der Waals surface area contributed by atoms with Crippen molar-refractivity contribution < 1.29 is 8.42 Å². The first kappa shape index (κ1) is 40.3. The minimum absolute atomic E-state index is 0.0570. The van der Waals surface area contributed by atoms with E-state index in [1.165, 1.54) is 123 Å². The molecule has 4 nitrogen and oxygen atoms in total. The third kappa shape index (κ3) is 8.35. The molecule has 0 saturated heterocycles. The number of fused-ring (bicyclic) bond motifs is 6. The highest BCUT2D eigenvalue weighted by atomic mass is 32.2. The summed E-state index contributed by atoms with van der Waals surface area (Å²) in [6.07, 6.45) is 22.0. The number of nitrogens with zero attached hydrogens (tertiary/aromatic N) is 1. The summed E-state index contributed by atoms with van der Waals surface area (Å²) in [5.74, 6) is 0. The average molecular weight is 791 g/mol. The van der Waals surface area contributed by atoms with Gasteiger partial charge in [-0.2, -0.15) is 18.4 Å². The molecule has 0 aromatic heterocycles. The minimum Gasteiger partial charge on any atom is -0.200 e. The van der Waals surface area contributed by atoms with Crippen LogP contribution in [0.4, 0.5) is 0 Å². The summed E-state index contributed by atoms with van der Waals surface area (Å²) in [5.41, 5.74) is 17.3. The maximum atomic E-state index is 13.5. The molecule has 0 heterocycles. The molecule has 302 valence electrons. The highest BCUT2D eigenvalue weighted by Gasteiger charge is 2.42. The van der Waals surface area contributed by atoms with E-state index in [0.29, 0.717) is 5.71 Å². The van der Waals surface area contributed by atoms with E-state index >= 15 is 0 Å². The molecular formula is C53H62N2O2S. The molecule has 0 atom stereocenters. The van der Waals surface area contributed by atoms with E-state index < -0.39 is 10.0 Å². The Morgan fingerprint density at radius 3 is 1.38 bits per heavy atom. The van der Waals surface area contributed by atoms with Gasteiger partial charge in [0.15, 0.2) is 0 Å². The molecule has 5 heteroatoms. The Morgan fingerprint density at radius 1 is 0.500 bits per heavy atom. The van der Waals surface area contributed by atoms with Crippen molar-refractivity contribution in [3.8, 4) is 22.3 Å². The number of aryl methyl sites for hydroxylation is 5. The van der Waals surface area contributed by atoms with Gasteiger partial charge < -0.3 is 0 Å². The summed E-state index contributed by atoms with van der Waals surface area (Å²) < 4.78 is 26.9. The quantitative estimate of drug-likeness (QED) is 0.0739. The first-order valence-corrected chi connectivity index (χ1v) is 24.0. The Labute approximate surface area is 348 Å². The van der Waals surface area contributed by atoms with Crippen LogP contribution in [0.2, 0.25) is 0 Å². The van der Waals surface area contributed by atoms with Crippen molar-refractivity contribution in [2.45, 2.75) is 147 Å².